The summed E-state index contributed by atoms with van der Waals surface area (Å²) < 4.78 is 21.0. The number of benzene rings is 2. The van der Waals surface area contributed by atoms with E-state index in [1.807, 2.05) is 48.0 Å². The van der Waals surface area contributed by atoms with Crippen LogP contribution in [-0.2, 0) is 0 Å². The number of nitrogens with zero attached hydrogens (tertiary/aromatic N) is 2. The molecule has 28 heavy (non-hydrogen) atoms. The summed E-state index contributed by atoms with van der Waals surface area (Å²) in [6.45, 7) is 2.03. The molecule has 0 spiro atoms. The Morgan fingerprint density at radius 2 is 1.86 bits per heavy atom. The maximum atomic E-state index is 14.1. The fourth-order valence-electron chi connectivity index (χ4n) is 2.97. The molecule has 0 saturated heterocycles. The van der Waals surface area contributed by atoms with E-state index in [4.69, 9.17) is 4.74 Å². The summed E-state index contributed by atoms with van der Waals surface area (Å²) >= 11 is 0. The lowest BCUT2D eigenvalue weighted by molar-refractivity contribution is 0.102. The topological polar surface area (TPSA) is 55.6 Å². The van der Waals surface area contributed by atoms with Crippen molar-refractivity contribution in [1.29, 1.82) is 0 Å². The highest BCUT2D eigenvalue weighted by molar-refractivity contribution is 6.04. The molecule has 0 bridgehead atoms. The molecule has 0 unspecified atom stereocenters. The van der Waals surface area contributed by atoms with Crippen LogP contribution < -0.4 is 10.1 Å². The SMILES string of the molecule is COc1ccc(C(=O)Nc2ccc(-c3cn4cc(C)ccc4n3)cc2)c(F)c1. The van der Waals surface area contributed by atoms with Crippen LogP contribution in [0.15, 0.2) is 67.0 Å². The smallest absolute Gasteiger partial charge is 0.258 e. The van der Waals surface area contributed by atoms with E-state index in [9.17, 15) is 9.18 Å². The first-order valence-corrected chi connectivity index (χ1v) is 8.74. The van der Waals surface area contributed by atoms with Crippen molar-refractivity contribution < 1.29 is 13.9 Å². The minimum absolute atomic E-state index is 0.0411. The van der Waals surface area contributed by atoms with Crippen molar-refractivity contribution >= 4 is 17.2 Å². The Kier molecular flexibility index (Phi) is 4.53. The van der Waals surface area contributed by atoms with Crippen molar-refractivity contribution in [3.63, 3.8) is 0 Å². The zero-order chi connectivity index (χ0) is 19.7. The molecule has 0 aliphatic heterocycles. The Morgan fingerprint density at radius 3 is 2.57 bits per heavy atom. The van der Waals surface area contributed by atoms with Crippen LogP contribution in [-0.4, -0.2) is 22.4 Å². The van der Waals surface area contributed by atoms with E-state index in [0.29, 0.717) is 11.4 Å². The van der Waals surface area contributed by atoms with Gasteiger partial charge in [-0.05, 0) is 42.8 Å². The van der Waals surface area contributed by atoms with E-state index in [2.05, 4.69) is 10.3 Å². The number of carbonyl (C=O) groups is 1. The van der Waals surface area contributed by atoms with Crippen LogP contribution in [0.1, 0.15) is 15.9 Å². The average Bonchev–Trinajstić information content (AvgIpc) is 3.11. The molecule has 0 fully saturated rings. The van der Waals surface area contributed by atoms with E-state index >= 15 is 0 Å². The average molecular weight is 375 g/mol. The number of carbonyl (C=O) groups excluding carboxylic acids is 1. The first kappa shape index (κ1) is 17.7. The zero-order valence-electron chi connectivity index (χ0n) is 15.4. The third-order valence-electron chi connectivity index (χ3n) is 4.46. The highest BCUT2D eigenvalue weighted by atomic mass is 19.1. The van der Waals surface area contributed by atoms with Crippen LogP contribution in [0, 0.1) is 12.7 Å². The number of hydrogen-bond donors (Lipinski definition) is 1. The second-order valence-electron chi connectivity index (χ2n) is 6.48. The summed E-state index contributed by atoms with van der Waals surface area (Å²) in [5.41, 5.74) is 4.32. The summed E-state index contributed by atoms with van der Waals surface area (Å²) in [5, 5.41) is 2.70. The first-order chi connectivity index (χ1) is 13.5. The molecule has 1 N–H and O–H groups in total. The summed E-state index contributed by atoms with van der Waals surface area (Å²) in [4.78, 5) is 16.9. The lowest BCUT2D eigenvalue weighted by Crippen LogP contribution is -2.13. The molecule has 0 saturated carbocycles. The molecule has 2 aromatic carbocycles. The largest absolute Gasteiger partial charge is 0.497 e. The summed E-state index contributed by atoms with van der Waals surface area (Å²) in [5.74, 6) is -0.786. The Balaban J connectivity index is 1.53. The van der Waals surface area contributed by atoms with E-state index < -0.39 is 11.7 Å². The standard InChI is InChI=1S/C22H18FN3O2/c1-14-3-10-21-25-20(13-26(21)12-14)15-4-6-16(7-5-15)24-22(27)18-9-8-17(28-2)11-19(18)23/h3-13H,1-2H3,(H,24,27). The molecule has 4 aromatic rings. The number of halogens is 1. The number of aromatic nitrogens is 2. The van der Waals surface area contributed by atoms with Crippen molar-refractivity contribution in [2.75, 3.05) is 12.4 Å². The van der Waals surface area contributed by atoms with Crippen molar-refractivity contribution in [2.45, 2.75) is 6.92 Å². The summed E-state index contributed by atoms with van der Waals surface area (Å²) in [6.07, 6.45) is 3.98. The fraction of sp³-hybridized carbons (Fsp3) is 0.0909. The maximum Gasteiger partial charge on any atom is 0.258 e. The van der Waals surface area contributed by atoms with Crippen LogP contribution in [0.25, 0.3) is 16.9 Å². The molecule has 6 heteroatoms. The van der Waals surface area contributed by atoms with Gasteiger partial charge in [0.05, 0.1) is 18.4 Å². The second kappa shape index (κ2) is 7.15. The normalized spacial score (nSPS) is 10.8. The number of pyridine rings is 1. The number of aryl methyl sites for hydroxylation is 1. The third-order valence-corrected chi connectivity index (χ3v) is 4.46. The van der Waals surface area contributed by atoms with Gasteiger partial charge in [-0.15, -0.1) is 0 Å². The predicted molar refractivity (Wildman–Crippen MR) is 106 cm³/mol. The highest BCUT2D eigenvalue weighted by Gasteiger charge is 2.13. The quantitative estimate of drug-likeness (QED) is 0.562. The molecule has 1 amide bonds. The van der Waals surface area contributed by atoms with E-state index in [1.165, 1.54) is 19.2 Å². The van der Waals surface area contributed by atoms with Gasteiger partial charge in [0.15, 0.2) is 0 Å². The minimum Gasteiger partial charge on any atom is -0.497 e. The second-order valence-corrected chi connectivity index (χ2v) is 6.48. The molecular weight excluding hydrogens is 357 g/mol. The van der Waals surface area contributed by atoms with E-state index in [0.717, 1.165) is 22.5 Å². The molecular formula is C22H18FN3O2. The molecule has 0 aliphatic carbocycles. The number of methoxy groups -OCH3 is 1. The number of rotatable bonds is 4. The van der Waals surface area contributed by atoms with E-state index in [1.54, 1.807) is 18.2 Å². The van der Waals surface area contributed by atoms with Gasteiger partial charge in [0.1, 0.15) is 17.2 Å². The van der Waals surface area contributed by atoms with E-state index in [-0.39, 0.29) is 5.56 Å². The molecule has 0 atom stereocenters. The number of hydrogen-bond acceptors (Lipinski definition) is 3. The number of nitrogens with one attached hydrogen (secondary N) is 1. The molecule has 0 radical (unpaired) electrons. The minimum atomic E-state index is -0.631. The Labute approximate surface area is 161 Å². The number of ether oxygens (including phenoxy) is 1. The molecule has 5 nitrogen and oxygen atoms in total. The monoisotopic (exact) mass is 375 g/mol. The number of anilines is 1. The van der Waals surface area contributed by atoms with Gasteiger partial charge in [-0.25, -0.2) is 9.37 Å². The van der Waals surface area contributed by atoms with Gasteiger partial charge >= 0.3 is 0 Å². The van der Waals surface area contributed by atoms with Crippen molar-refractivity contribution in [3.05, 3.63) is 83.9 Å². The highest BCUT2D eigenvalue weighted by Crippen LogP contribution is 2.23. The van der Waals surface area contributed by atoms with Gasteiger partial charge in [-0.1, -0.05) is 18.2 Å². The molecule has 2 heterocycles. The van der Waals surface area contributed by atoms with Gasteiger partial charge < -0.3 is 14.5 Å². The van der Waals surface area contributed by atoms with Gasteiger partial charge in [0.2, 0.25) is 0 Å². The fourth-order valence-corrected chi connectivity index (χ4v) is 2.97. The summed E-state index contributed by atoms with van der Waals surface area (Å²) in [7, 11) is 1.44. The first-order valence-electron chi connectivity index (χ1n) is 8.74. The van der Waals surface area contributed by atoms with Crippen LogP contribution in [0.3, 0.4) is 0 Å². The third kappa shape index (κ3) is 3.44. The van der Waals surface area contributed by atoms with Crippen LogP contribution in [0.4, 0.5) is 10.1 Å². The van der Waals surface area contributed by atoms with Crippen molar-refractivity contribution in [1.82, 2.24) is 9.38 Å². The molecule has 2 aromatic heterocycles. The zero-order valence-corrected chi connectivity index (χ0v) is 15.4. The van der Waals surface area contributed by atoms with Crippen molar-refractivity contribution in [3.8, 4) is 17.0 Å². The van der Waals surface area contributed by atoms with Gasteiger partial charge in [0, 0.05) is 29.7 Å². The number of fused-ring (bicyclic) bond motifs is 1. The van der Waals surface area contributed by atoms with Gasteiger partial charge in [-0.2, -0.15) is 0 Å². The molecule has 140 valence electrons. The van der Waals surface area contributed by atoms with Gasteiger partial charge in [0.25, 0.3) is 5.91 Å². The van der Waals surface area contributed by atoms with Crippen LogP contribution >= 0.6 is 0 Å². The Bertz CT molecular complexity index is 1170. The molecule has 0 aliphatic rings. The molecule has 4 rings (SSSR count). The summed E-state index contributed by atoms with van der Waals surface area (Å²) in [6, 6.07) is 15.4. The number of amides is 1. The van der Waals surface area contributed by atoms with Crippen molar-refractivity contribution in [2.24, 2.45) is 0 Å². The van der Waals surface area contributed by atoms with Crippen LogP contribution in [0.2, 0.25) is 0 Å². The maximum absolute atomic E-state index is 14.1. The van der Waals surface area contributed by atoms with Gasteiger partial charge in [-0.3, -0.25) is 4.79 Å². The lowest BCUT2D eigenvalue weighted by atomic mass is 10.1. The Morgan fingerprint density at radius 1 is 1.07 bits per heavy atom. The lowest BCUT2D eigenvalue weighted by Gasteiger charge is -2.08. The Hall–Kier alpha value is -3.67. The van der Waals surface area contributed by atoms with Crippen LogP contribution in [0.5, 0.6) is 5.75 Å². The predicted octanol–water partition coefficient (Wildman–Crippen LogP) is 4.71. The number of imidazole rings is 1.